The highest BCUT2D eigenvalue weighted by molar-refractivity contribution is 6.06. The van der Waals surface area contributed by atoms with Crippen LogP contribution in [0.2, 0.25) is 0 Å². The maximum Gasteiger partial charge on any atom is 0.183 e. The van der Waals surface area contributed by atoms with Crippen molar-refractivity contribution < 1.29 is 4.79 Å². The Bertz CT molecular complexity index is 557. The number of Topliss-reactive ketones (excluding diaryl/α,β-unsaturated/α-hetero) is 1. The Balaban J connectivity index is 2.28. The number of nitrogens with zero attached hydrogens (tertiary/aromatic N) is 2. The van der Waals surface area contributed by atoms with E-state index in [0.717, 1.165) is 23.7 Å². The molecule has 0 amide bonds. The largest absolute Gasteiger partial charge is 0.292 e. The molecular weight excluding hydrogens is 224 g/mol. The van der Waals surface area contributed by atoms with Crippen LogP contribution in [0.25, 0.3) is 10.9 Å². The summed E-state index contributed by atoms with van der Waals surface area (Å²) in [5.41, 5.74) is 1.64. The minimum atomic E-state index is 0.160. The molecule has 3 heteroatoms. The second-order valence-electron chi connectivity index (χ2n) is 5.01. The monoisotopic (exact) mass is 244 g/mol. The number of hydrogen-bond donors (Lipinski definition) is 0. The van der Waals surface area contributed by atoms with Gasteiger partial charge >= 0.3 is 0 Å². The van der Waals surface area contributed by atoms with E-state index in [4.69, 9.17) is 0 Å². The second-order valence-corrected chi connectivity index (χ2v) is 5.01. The SMILES string of the molecule is CCCC(C)CC(=O)c1nn(C)c2ccccc12. The molecule has 1 unspecified atom stereocenters. The van der Waals surface area contributed by atoms with Gasteiger partial charge in [-0.15, -0.1) is 0 Å². The lowest BCUT2D eigenvalue weighted by Gasteiger charge is -2.07. The normalized spacial score (nSPS) is 12.8. The Labute approximate surface area is 108 Å². The molecule has 0 N–H and O–H groups in total. The summed E-state index contributed by atoms with van der Waals surface area (Å²) < 4.78 is 1.78. The van der Waals surface area contributed by atoms with Crippen LogP contribution >= 0.6 is 0 Å². The van der Waals surface area contributed by atoms with Crippen LogP contribution in [0.4, 0.5) is 0 Å². The highest BCUT2D eigenvalue weighted by Gasteiger charge is 2.17. The molecule has 0 bridgehead atoms. The van der Waals surface area contributed by atoms with Gasteiger partial charge in [0, 0.05) is 18.9 Å². The van der Waals surface area contributed by atoms with Gasteiger partial charge in [-0.2, -0.15) is 5.10 Å². The maximum atomic E-state index is 12.3. The summed E-state index contributed by atoms with van der Waals surface area (Å²) in [6, 6.07) is 7.89. The van der Waals surface area contributed by atoms with Gasteiger partial charge in [-0.1, -0.05) is 44.9 Å². The van der Waals surface area contributed by atoms with E-state index < -0.39 is 0 Å². The van der Waals surface area contributed by atoms with Crippen molar-refractivity contribution in [1.29, 1.82) is 0 Å². The van der Waals surface area contributed by atoms with Crippen LogP contribution in [0.5, 0.6) is 0 Å². The molecular formula is C15H20N2O. The first-order valence-electron chi connectivity index (χ1n) is 6.58. The number of rotatable bonds is 5. The van der Waals surface area contributed by atoms with E-state index in [0.29, 0.717) is 18.0 Å². The predicted molar refractivity (Wildman–Crippen MR) is 73.7 cm³/mol. The summed E-state index contributed by atoms with van der Waals surface area (Å²) in [5, 5.41) is 5.34. The van der Waals surface area contributed by atoms with E-state index in [1.54, 1.807) is 4.68 Å². The summed E-state index contributed by atoms with van der Waals surface area (Å²) in [6.07, 6.45) is 2.81. The van der Waals surface area contributed by atoms with Gasteiger partial charge in [-0.05, 0) is 12.0 Å². The zero-order valence-electron chi connectivity index (χ0n) is 11.3. The second kappa shape index (κ2) is 5.34. The molecule has 0 fully saturated rings. The van der Waals surface area contributed by atoms with Crippen molar-refractivity contribution in [3.63, 3.8) is 0 Å². The van der Waals surface area contributed by atoms with Crippen LogP contribution in [0.3, 0.4) is 0 Å². The van der Waals surface area contributed by atoms with E-state index in [1.165, 1.54) is 0 Å². The number of aromatic nitrogens is 2. The van der Waals surface area contributed by atoms with Crippen LogP contribution < -0.4 is 0 Å². The molecule has 0 saturated heterocycles. The topological polar surface area (TPSA) is 34.9 Å². The molecule has 0 aliphatic rings. The lowest BCUT2D eigenvalue weighted by atomic mass is 9.97. The summed E-state index contributed by atoms with van der Waals surface area (Å²) in [5.74, 6) is 0.594. The van der Waals surface area contributed by atoms with Gasteiger partial charge in [0.05, 0.1) is 5.52 Å². The number of hydrogen-bond acceptors (Lipinski definition) is 2. The molecule has 0 spiro atoms. The average Bonchev–Trinajstić information content (AvgIpc) is 2.68. The Kier molecular flexibility index (Phi) is 3.80. The molecule has 1 aromatic carbocycles. The lowest BCUT2D eigenvalue weighted by Crippen LogP contribution is -2.07. The zero-order chi connectivity index (χ0) is 13.1. The van der Waals surface area contributed by atoms with E-state index in [9.17, 15) is 4.79 Å². The van der Waals surface area contributed by atoms with Gasteiger partial charge < -0.3 is 0 Å². The van der Waals surface area contributed by atoms with E-state index in [1.807, 2.05) is 31.3 Å². The van der Waals surface area contributed by atoms with E-state index in [-0.39, 0.29) is 5.78 Å². The Morgan fingerprint density at radius 3 is 2.83 bits per heavy atom. The average molecular weight is 244 g/mol. The lowest BCUT2D eigenvalue weighted by molar-refractivity contribution is 0.0958. The smallest absolute Gasteiger partial charge is 0.183 e. The van der Waals surface area contributed by atoms with Gasteiger partial charge in [-0.25, -0.2) is 0 Å². The molecule has 0 aliphatic carbocycles. The Hall–Kier alpha value is -1.64. The first kappa shape index (κ1) is 12.8. The van der Waals surface area contributed by atoms with Crippen molar-refractivity contribution in [1.82, 2.24) is 9.78 Å². The molecule has 3 nitrogen and oxygen atoms in total. The van der Waals surface area contributed by atoms with Gasteiger partial charge in [0.1, 0.15) is 5.69 Å². The van der Waals surface area contributed by atoms with Gasteiger partial charge in [0.25, 0.3) is 0 Å². The summed E-state index contributed by atoms with van der Waals surface area (Å²) in [7, 11) is 1.88. The molecule has 18 heavy (non-hydrogen) atoms. The molecule has 1 heterocycles. The highest BCUT2D eigenvalue weighted by atomic mass is 16.1. The van der Waals surface area contributed by atoms with Crippen molar-refractivity contribution in [3.8, 4) is 0 Å². The highest BCUT2D eigenvalue weighted by Crippen LogP contribution is 2.21. The molecule has 2 rings (SSSR count). The zero-order valence-corrected chi connectivity index (χ0v) is 11.3. The standard InChI is InChI=1S/C15H20N2O/c1-4-7-11(2)10-14(18)15-12-8-5-6-9-13(12)17(3)16-15/h5-6,8-9,11H,4,7,10H2,1-3H3. The van der Waals surface area contributed by atoms with Gasteiger partial charge in [-0.3, -0.25) is 9.48 Å². The molecule has 96 valence electrons. The third kappa shape index (κ3) is 2.45. The van der Waals surface area contributed by atoms with Gasteiger partial charge in [0.2, 0.25) is 0 Å². The van der Waals surface area contributed by atoms with Gasteiger partial charge in [0.15, 0.2) is 5.78 Å². The number of ketones is 1. The van der Waals surface area contributed by atoms with Crippen molar-refractivity contribution in [3.05, 3.63) is 30.0 Å². The number of carbonyl (C=O) groups is 1. The van der Waals surface area contributed by atoms with Crippen LogP contribution in [-0.2, 0) is 7.05 Å². The molecule has 1 aromatic heterocycles. The first-order valence-corrected chi connectivity index (χ1v) is 6.58. The van der Waals surface area contributed by atoms with Crippen LogP contribution in [0.1, 0.15) is 43.6 Å². The quantitative estimate of drug-likeness (QED) is 0.753. The predicted octanol–water partition coefficient (Wildman–Crippen LogP) is 3.58. The molecule has 0 radical (unpaired) electrons. The fraction of sp³-hybridized carbons (Fsp3) is 0.467. The van der Waals surface area contributed by atoms with Crippen LogP contribution in [0, 0.1) is 5.92 Å². The van der Waals surface area contributed by atoms with Crippen molar-refractivity contribution in [2.24, 2.45) is 13.0 Å². The van der Waals surface area contributed by atoms with E-state index >= 15 is 0 Å². The number of para-hydroxylation sites is 1. The number of benzene rings is 1. The number of aryl methyl sites for hydroxylation is 1. The summed E-state index contributed by atoms with van der Waals surface area (Å²) in [4.78, 5) is 12.3. The maximum absolute atomic E-state index is 12.3. The number of carbonyl (C=O) groups excluding carboxylic acids is 1. The third-order valence-corrected chi connectivity index (χ3v) is 3.34. The first-order chi connectivity index (χ1) is 8.63. The molecule has 0 saturated carbocycles. The Morgan fingerprint density at radius 2 is 2.11 bits per heavy atom. The van der Waals surface area contributed by atoms with Crippen molar-refractivity contribution in [2.75, 3.05) is 0 Å². The molecule has 2 aromatic rings. The van der Waals surface area contributed by atoms with Crippen molar-refractivity contribution >= 4 is 16.7 Å². The van der Waals surface area contributed by atoms with Crippen LogP contribution in [-0.4, -0.2) is 15.6 Å². The Morgan fingerprint density at radius 1 is 1.39 bits per heavy atom. The summed E-state index contributed by atoms with van der Waals surface area (Å²) in [6.45, 7) is 4.28. The number of fused-ring (bicyclic) bond motifs is 1. The van der Waals surface area contributed by atoms with Crippen molar-refractivity contribution in [2.45, 2.75) is 33.1 Å². The molecule has 0 aliphatic heterocycles. The third-order valence-electron chi connectivity index (χ3n) is 3.34. The van der Waals surface area contributed by atoms with E-state index in [2.05, 4.69) is 18.9 Å². The fourth-order valence-electron chi connectivity index (χ4n) is 2.43. The fourth-order valence-corrected chi connectivity index (χ4v) is 2.43. The minimum absolute atomic E-state index is 0.160. The molecule has 1 atom stereocenters. The minimum Gasteiger partial charge on any atom is -0.292 e. The van der Waals surface area contributed by atoms with Crippen LogP contribution in [0.15, 0.2) is 24.3 Å². The summed E-state index contributed by atoms with van der Waals surface area (Å²) >= 11 is 0.